The second-order valence-electron chi connectivity index (χ2n) is 35.6. The SMILES string of the molecule is CC/C=C\C/C=C\C/C=C\C/C=C\C/C=C\CCCCCCCCCCCCCCCCCC(=O)OCC(COP(=O)(O)OCC(O)COP(=O)(O)OCC(O)COC(=O)CCCCCCCCCCCCCCCCCCC/C=C\C/C=C\C/C=C\C/C=C\CCCCC)OC(=O)CCCCCCCCCCCCCCCCC/C=C\C/C=C\C/C=C\C/C=C\C/C=C\CC. The lowest BCUT2D eigenvalue weighted by Crippen LogP contribution is -2.30. The van der Waals surface area contributed by atoms with Crippen molar-refractivity contribution in [1.29, 1.82) is 0 Å². The van der Waals surface area contributed by atoms with Crippen LogP contribution >= 0.6 is 15.6 Å². The molecule has 0 aromatic carbocycles. The summed E-state index contributed by atoms with van der Waals surface area (Å²) in [5.41, 5.74) is 0. The van der Waals surface area contributed by atoms with Gasteiger partial charge >= 0.3 is 33.6 Å². The molecule has 5 unspecified atom stereocenters. The zero-order chi connectivity index (χ0) is 95.0. The molecule has 0 aliphatic rings. The summed E-state index contributed by atoms with van der Waals surface area (Å²) >= 11 is 0. The van der Waals surface area contributed by atoms with Crippen LogP contribution in [0.2, 0.25) is 0 Å². The molecule has 4 N–H and O–H groups in total. The highest BCUT2D eigenvalue weighted by molar-refractivity contribution is 7.47. The van der Waals surface area contributed by atoms with Gasteiger partial charge in [-0.25, -0.2) is 9.13 Å². The minimum Gasteiger partial charge on any atom is -0.463 e. The maximum absolute atomic E-state index is 13.2. The molecule has 0 saturated heterocycles. The summed E-state index contributed by atoms with van der Waals surface area (Å²) in [6.07, 6.45) is 137. The summed E-state index contributed by atoms with van der Waals surface area (Å²) in [5, 5.41) is 20.8. The molecule has 0 saturated carbocycles. The van der Waals surface area contributed by atoms with Crippen LogP contribution < -0.4 is 0 Å². The Balaban J connectivity index is 4.60. The predicted octanol–water partition coefficient (Wildman–Crippen LogP) is 34.1. The number of rotatable bonds is 101. The summed E-state index contributed by atoms with van der Waals surface area (Å²) in [6, 6.07) is 0. The van der Waals surface area contributed by atoms with Crippen molar-refractivity contribution in [1.82, 2.24) is 0 Å². The van der Waals surface area contributed by atoms with Gasteiger partial charge in [0.05, 0.1) is 26.4 Å². The largest absolute Gasteiger partial charge is 0.472 e. The van der Waals surface area contributed by atoms with Crippen LogP contribution in [0.4, 0.5) is 0 Å². The molecular formula is C113H196O16P2. The van der Waals surface area contributed by atoms with E-state index in [0.29, 0.717) is 19.3 Å². The Morgan fingerprint density at radius 1 is 0.221 bits per heavy atom. The Kier molecular flexibility index (Phi) is 99.8. The van der Waals surface area contributed by atoms with Crippen molar-refractivity contribution in [2.45, 2.75) is 489 Å². The van der Waals surface area contributed by atoms with Crippen LogP contribution in [0.5, 0.6) is 0 Å². The fraction of sp³-hybridized carbons (Fsp3) is 0.726. The Labute approximate surface area is 803 Å². The second-order valence-corrected chi connectivity index (χ2v) is 38.6. The number of phosphoric ester groups is 2. The zero-order valence-corrected chi connectivity index (χ0v) is 85.5. The molecule has 0 heterocycles. The molecule has 0 amide bonds. The van der Waals surface area contributed by atoms with Gasteiger partial charge in [0.15, 0.2) is 6.10 Å². The van der Waals surface area contributed by atoms with E-state index in [1.165, 1.54) is 257 Å². The summed E-state index contributed by atoms with van der Waals surface area (Å²) in [4.78, 5) is 59.3. The first-order chi connectivity index (χ1) is 64.2. The zero-order valence-electron chi connectivity index (χ0n) is 83.7. The van der Waals surface area contributed by atoms with Crippen molar-refractivity contribution in [2.75, 3.05) is 39.6 Å². The van der Waals surface area contributed by atoms with Crippen molar-refractivity contribution >= 4 is 33.6 Å². The number of ether oxygens (including phenoxy) is 3. The van der Waals surface area contributed by atoms with Gasteiger partial charge in [-0.05, 0) is 154 Å². The van der Waals surface area contributed by atoms with Crippen LogP contribution in [0.1, 0.15) is 470 Å². The van der Waals surface area contributed by atoms with Crippen LogP contribution in [0.15, 0.2) is 170 Å². The van der Waals surface area contributed by atoms with E-state index in [-0.39, 0.29) is 19.3 Å². The molecule has 0 radical (unpaired) electrons. The van der Waals surface area contributed by atoms with Gasteiger partial charge in [0.2, 0.25) is 0 Å². The number of hydrogen-bond acceptors (Lipinski definition) is 14. The van der Waals surface area contributed by atoms with Crippen LogP contribution in [-0.2, 0) is 55.8 Å². The van der Waals surface area contributed by atoms with Crippen LogP contribution in [-0.4, -0.2) is 95.9 Å². The first-order valence-corrected chi connectivity index (χ1v) is 56.4. The van der Waals surface area contributed by atoms with E-state index in [2.05, 4.69) is 191 Å². The minimum atomic E-state index is -4.95. The van der Waals surface area contributed by atoms with Gasteiger partial charge in [-0.3, -0.25) is 32.5 Å². The molecule has 0 rings (SSSR count). The van der Waals surface area contributed by atoms with E-state index in [4.69, 9.17) is 32.3 Å². The standard InChI is InChI=1S/C113H196O16P2/c1-4-7-10-13-16-19-22-25-28-31-34-37-40-43-46-49-52-53-56-58-60-63-66-69-72-75-78-81-84-87-90-93-96-99-111(116)123-102-108(114)103-125-130(119,120)126-104-109(115)105-127-131(121,122)128-107-110(129-113(118)101-98-95-92-89-86-83-80-77-74-71-68-65-62-59-55-51-48-45-42-39-36-33-30-27-24-21-18-15-12-9-6-3)106-124-112(117)100-97-94-91-88-85-82-79-76-73-70-67-64-61-57-54-50-47-44-41-38-35-32-29-26-23-20-17-14-11-8-5-2/h8-9,11-12,16-21,25-30,34-39,43-48,108-110,114-115H,4-7,10,13-15,22-24,31-33,40-42,49-107H2,1-3H3,(H,119,120)(H,121,122)/b11-8-,12-9-,19-16-,20-17-,21-18-,28-25-,29-26-,30-27-,37-34-,38-35-,39-36-,46-43-,47-44-,48-45-. The lowest BCUT2D eigenvalue weighted by Gasteiger charge is -2.21. The second kappa shape index (κ2) is 104. The quantitative estimate of drug-likeness (QED) is 0.0146. The number of unbranched alkanes of at least 4 members (excludes halogenated alkanes) is 50. The maximum atomic E-state index is 13.2. The van der Waals surface area contributed by atoms with Gasteiger partial charge in [-0.1, -0.05) is 467 Å². The predicted molar refractivity (Wildman–Crippen MR) is 555 cm³/mol. The van der Waals surface area contributed by atoms with E-state index >= 15 is 0 Å². The van der Waals surface area contributed by atoms with Crippen molar-refractivity contribution in [3.05, 3.63) is 170 Å². The molecule has 16 nitrogen and oxygen atoms in total. The van der Waals surface area contributed by atoms with Crippen LogP contribution in [0.3, 0.4) is 0 Å². The molecule has 0 spiro atoms. The molecule has 0 bridgehead atoms. The normalized spacial score (nSPS) is 14.3. The maximum Gasteiger partial charge on any atom is 0.472 e. The van der Waals surface area contributed by atoms with Gasteiger partial charge < -0.3 is 34.2 Å². The van der Waals surface area contributed by atoms with Crippen molar-refractivity contribution in [2.24, 2.45) is 0 Å². The Hall–Kier alpha value is -5.09. The Morgan fingerprint density at radius 2 is 0.405 bits per heavy atom. The average Bonchev–Trinajstić information content (AvgIpc) is 0.896. The number of aliphatic hydroxyl groups excluding tert-OH is 2. The first-order valence-electron chi connectivity index (χ1n) is 53.4. The molecule has 131 heavy (non-hydrogen) atoms. The first kappa shape index (κ1) is 126. The van der Waals surface area contributed by atoms with Crippen molar-refractivity contribution < 1.29 is 75.8 Å². The highest BCUT2D eigenvalue weighted by atomic mass is 31.2. The lowest BCUT2D eigenvalue weighted by atomic mass is 10.0. The third-order valence-electron chi connectivity index (χ3n) is 22.9. The number of phosphoric acid groups is 2. The number of carbonyl (C=O) groups is 3. The number of esters is 3. The summed E-state index contributed by atoms with van der Waals surface area (Å²) < 4.78 is 61.8. The fourth-order valence-corrected chi connectivity index (χ4v) is 16.5. The molecule has 0 fully saturated rings. The van der Waals surface area contributed by atoms with E-state index in [0.717, 1.165) is 154 Å². The molecule has 0 aliphatic heterocycles. The van der Waals surface area contributed by atoms with Crippen LogP contribution in [0.25, 0.3) is 0 Å². The number of hydrogen-bond donors (Lipinski definition) is 4. The van der Waals surface area contributed by atoms with Crippen molar-refractivity contribution in [3.8, 4) is 0 Å². The molecular weight excluding hydrogens is 1680 g/mol. The fourth-order valence-electron chi connectivity index (χ4n) is 14.9. The summed E-state index contributed by atoms with van der Waals surface area (Å²) in [7, 11) is -9.82. The van der Waals surface area contributed by atoms with E-state index in [1.54, 1.807) is 0 Å². The molecule has 5 atom stereocenters. The molecule has 0 aromatic heterocycles. The van der Waals surface area contributed by atoms with E-state index in [9.17, 15) is 43.5 Å². The smallest absolute Gasteiger partial charge is 0.463 e. The monoisotopic (exact) mass is 1870 g/mol. The Bertz CT molecular complexity index is 3060. The minimum absolute atomic E-state index is 0.102. The Morgan fingerprint density at radius 3 is 0.641 bits per heavy atom. The van der Waals surface area contributed by atoms with E-state index in [1.807, 2.05) is 0 Å². The molecule has 754 valence electrons. The highest BCUT2D eigenvalue weighted by Gasteiger charge is 2.30. The van der Waals surface area contributed by atoms with Gasteiger partial charge in [-0.2, -0.15) is 0 Å². The summed E-state index contributed by atoms with van der Waals surface area (Å²) in [6.45, 7) is 2.52. The number of carbonyl (C=O) groups excluding carboxylic acids is 3. The average molecular weight is 1870 g/mol. The molecule has 0 aliphatic carbocycles. The third kappa shape index (κ3) is 105. The van der Waals surface area contributed by atoms with Gasteiger partial charge in [0.25, 0.3) is 0 Å². The topological polar surface area (TPSA) is 231 Å². The van der Waals surface area contributed by atoms with E-state index < -0.39 is 91.5 Å². The van der Waals surface area contributed by atoms with Crippen molar-refractivity contribution in [3.63, 3.8) is 0 Å². The molecule has 18 heteroatoms. The lowest BCUT2D eigenvalue weighted by molar-refractivity contribution is -0.161. The van der Waals surface area contributed by atoms with Crippen LogP contribution in [0, 0.1) is 0 Å². The number of allylic oxidation sites excluding steroid dienone is 28. The number of aliphatic hydroxyl groups is 2. The van der Waals surface area contributed by atoms with Gasteiger partial charge in [-0.15, -0.1) is 0 Å². The van der Waals surface area contributed by atoms with Gasteiger partial charge in [0, 0.05) is 19.3 Å². The molecule has 0 aromatic rings. The third-order valence-corrected chi connectivity index (χ3v) is 24.8. The summed E-state index contributed by atoms with van der Waals surface area (Å²) in [5.74, 6) is -1.55. The highest BCUT2D eigenvalue weighted by Crippen LogP contribution is 2.45. The van der Waals surface area contributed by atoms with Gasteiger partial charge in [0.1, 0.15) is 25.4 Å².